The zero-order valence-electron chi connectivity index (χ0n) is 8.94. The van der Waals surface area contributed by atoms with Crippen LogP contribution in [0.15, 0.2) is 0 Å². The summed E-state index contributed by atoms with van der Waals surface area (Å²) in [7, 11) is 0. The lowest BCUT2D eigenvalue weighted by molar-refractivity contribution is -0.133. The van der Waals surface area contributed by atoms with Crippen LogP contribution in [-0.4, -0.2) is 41.1 Å². The van der Waals surface area contributed by atoms with Crippen LogP contribution in [-0.2, 0) is 4.79 Å². The molecule has 0 aromatic heterocycles. The van der Waals surface area contributed by atoms with Gasteiger partial charge in [-0.1, -0.05) is 20.3 Å². The van der Waals surface area contributed by atoms with Crippen LogP contribution < -0.4 is 5.73 Å². The standard InChI is InChI=1S/C10H20N2O2/c1-3-7(2)9(11)10(14)12-5-4-8(13)6-12/h7-9,13H,3-6,11H2,1-2H3/t7?,8?,9-/m0/s1. The molecule has 1 fully saturated rings. The molecule has 0 aromatic carbocycles. The van der Waals surface area contributed by atoms with Crippen LogP contribution in [0.3, 0.4) is 0 Å². The molecule has 1 aliphatic rings. The number of amides is 1. The Kier molecular flexibility index (Phi) is 3.89. The summed E-state index contributed by atoms with van der Waals surface area (Å²) in [6.07, 6.45) is 1.23. The number of nitrogens with zero attached hydrogens (tertiary/aromatic N) is 1. The maximum atomic E-state index is 11.8. The van der Waals surface area contributed by atoms with E-state index in [1.807, 2.05) is 13.8 Å². The number of likely N-dealkylation sites (tertiary alicyclic amines) is 1. The van der Waals surface area contributed by atoms with E-state index in [9.17, 15) is 9.90 Å². The molecule has 3 N–H and O–H groups in total. The third-order valence-electron chi connectivity index (χ3n) is 3.02. The number of aliphatic hydroxyl groups excluding tert-OH is 1. The van der Waals surface area contributed by atoms with Gasteiger partial charge in [-0.05, 0) is 12.3 Å². The molecule has 0 bridgehead atoms. The molecule has 4 nitrogen and oxygen atoms in total. The molecule has 82 valence electrons. The second kappa shape index (κ2) is 4.75. The van der Waals surface area contributed by atoms with Gasteiger partial charge >= 0.3 is 0 Å². The van der Waals surface area contributed by atoms with E-state index in [-0.39, 0.29) is 17.9 Å². The van der Waals surface area contributed by atoms with Gasteiger partial charge in [-0.3, -0.25) is 4.79 Å². The largest absolute Gasteiger partial charge is 0.391 e. The van der Waals surface area contributed by atoms with E-state index in [0.717, 1.165) is 6.42 Å². The van der Waals surface area contributed by atoms with Crippen molar-refractivity contribution in [1.29, 1.82) is 0 Å². The first-order valence-corrected chi connectivity index (χ1v) is 5.28. The number of carbonyl (C=O) groups is 1. The lowest BCUT2D eigenvalue weighted by Gasteiger charge is -2.23. The van der Waals surface area contributed by atoms with Gasteiger partial charge in [0, 0.05) is 13.1 Å². The van der Waals surface area contributed by atoms with Gasteiger partial charge in [0.2, 0.25) is 5.91 Å². The quantitative estimate of drug-likeness (QED) is 0.671. The molecular formula is C10H20N2O2. The summed E-state index contributed by atoms with van der Waals surface area (Å²) in [5.41, 5.74) is 5.82. The monoisotopic (exact) mass is 200 g/mol. The van der Waals surface area contributed by atoms with E-state index < -0.39 is 6.04 Å². The van der Waals surface area contributed by atoms with Gasteiger partial charge in [-0.25, -0.2) is 0 Å². The lowest BCUT2D eigenvalue weighted by atomic mass is 9.99. The molecule has 2 unspecified atom stereocenters. The van der Waals surface area contributed by atoms with E-state index in [4.69, 9.17) is 5.73 Å². The summed E-state index contributed by atoms with van der Waals surface area (Å²) >= 11 is 0. The van der Waals surface area contributed by atoms with E-state index >= 15 is 0 Å². The van der Waals surface area contributed by atoms with E-state index in [1.54, 1.807) is 4.90 Å². The molecule has 0 aromatic rings. The fourth-order valence-electron chi connectivity index (χ4n) is 1.65. The van der Waals surface area contributed by atoms with Gasteiger partial charge in [0.1, 0.15) is 0 Å². The van der Waals surface area contributed by atoms with Crippen LogP contribution in [0.4, 0.5) is 0 Å². The normalized spacial score (nSPS) is 26.3. The van der Waals surface area contributed by atoms with Crippen molar-refractivity contribution in [2.45, 2.75) is 38.8 Å². The smallest absolute Gasteiger partial charge is 0.239 e. The number of aliphatic hydroxyl groups is 1. The van der Waals surface area contributed by atoms with Crippen molar-refractivity contribution >= 4 is 5.91 Å². The molecule has 1 saturated heterocycles. The Hall–Kier alpha value is -0.610. The molecule has 0 radical (unpaired) electrons. The molecule has 3 atom stereocenters. The Morgan fingerprint density at radius 2 is 2.36 bits per heavy atom. The summed E-state index contributed by atoms with van der Waals surface area (Å²) in [6.45, 7) is 5.10. The van der Waals surface area contributed by atoms with Crippen LogP contribution in [0, 0.1) is 5.92 Å². The maximum absolute atomic E-state index is 11.8. The molecule has 1 aliphatic heterocycles. The summed E-state index contributed by atoms with van der Waals surface area (Å²) in [6, 6.07) is -0.412. The van der Waals surface area contributed by atoms with Crippen LogP contribution in [0.25, 0.3) is 0 Å². The van der Waals surface area contributed by atoms with Crippen molar-refractivity contribution in [2.24, 2.45) is 11.7 Å². The van der Waals surface area contributed by atoms with Gasteiger partial charge in [0.25, 0.3) is 0 Å². The predicted octanol–water partition coefficient (Wildman–Crippen LogP) is -0.0470. The first-order chi connectivity index (χ1) is 6.56. The Bertz CT molecular complexity index is 204. The highest BCUT2D eigenvalue weighted by Crippen LogP contribution is 2.14. The first kappa shape index (κ1) is 11.5. The second-order valence-electron chi connectivity index (χ2n) is 4.14. The Morgan fingerprint density at radius 3 is 2.79 bits per heavy atom. The zero-order valence-corrected chi connectivity index (χ0v) is 8.94. The molecule has 4 heteroatoms. The third-order valence-corrected chi connectivity index (χ3v) is 3.02. The minimum atomic E-state index is -0.412. The van der Waals surface area contributed by atoms with Crippen LogP contribution in [0.5, 0.6) is 0 Å². The number of carbonyl (C=O) groups excluding carboxylic acids is 1. The van der Waals surface area contributed by atoms with E-state index in [2.05, 4.69) is 0 Å². The predicted molar refractivity (Wildman–Crippen MR) is 54.6 cm³/mol. The van der Waals surface area contributed by atoms with Gasteiger partial charge in [0.15, 0.2) is 0 Å². The van der Waals surface area contributed by atoms with Crippen LogP contribution >= 0.6 is 0 Å². The van der Waals surface area contributed by atoms with E-state index in [0.29, 0.717) is 19.5 Å². The number of hydrogen-bond acceptors (Lipinski definition) is 3. The van der Waals surface area contributed by atoms with Crippen molar-refractivity contribution in [3.63, 3.8) is 0 Å². The highest BCUT2D eigenvalue weighted by molar-refractivity contribution is 5.82. The zero-order chi connectivity index (χ0) is 10.7. The molecule has 1 amide bonds. The SMILES string of the molecule is CCC(C)[C@H](N)C(=O)N1CCC(O)C1. The van der Waals surface area contributed by atoms with Crippen molar-refractivity contribution in [1.82, 2.24) is 4.90 Å². The Morgan fingerprint density at radius 1 is 1.71 bits per heavy atom. The van der Waals surface area contributed by atoms with Gasteiger partial charge < -0.3 is 15.7 Å². The van der Waals surface area contributed by atoms with Crippen molar-refractivity contribution in [3.05, 3.63) is 0 Å². The van der Waals surface area contributed by atoms with Gasteiger partial charge in [-0.15, -0.1) is 0 Å². The molecule has 0 aliphatic carbocycles. The average Bonchev–Trinajstić information content (AvgIpc) is 2.61. The molecule has 14 heavy (non-hydrogen) atoms. The van der Waals surface area contributed by atoms with Crippen molar-refractivity contribution in [3.8, 4) is 0 Å². The summed E-state index contributed by atoms with van der Waals surface area (Å²) in [5, 5.41) is 9.29. The second-order valence-corrected chi connectivity index (χ2v) is 4.14. The molecular weight excluding hydrogens is 180 g/mol. The lowest BCUT2D eigenvalue weighted by Crippen LogP contribution is -2.46. The Balaban J connectivity index is 2.48. The van der Waals surface area contributed by atoms with E-state index in [1.165, 1.54) is 0 Å². The average molecular weight is 200 g/mol. The molecule has 0 spiro atoms. The summed E-state index contributed by atoms with van der Waals surface area (Å²) in [5.74, 6) is 0.191. The minimum absolute atomic E-state index is 0.0177. The number of rotatable bonds is 3. The summed E-state index contributed by atoms with van der Waals surface area (Å²) < 4.78 is 0. The van der Waals surface area contributed by atoms with Gasteiger partial charge in [-0.2, -0.15) is 0 Å². The topological polar surface area (TPSA) is 66.6 Å². The highest BCUT2D eigenvalue weighted by atomic mass is 16.3. The summed E-state index contributed by atoms with van der Waals surface area (Å²) in [4.78, 5) is 13.4. The minimum Gasteiger partial charge on any atom is -0.391 e. The number of hydrogen-bond donors (Lipinski definition) is 2. The fraction of sp³-hybridized carbons (Fsp3) is 0.900. The number of β-amino-alcohol motifs (C(OH)–C–C–N with tert-alkyl or cyclic N) is 1. The fourth-order valence-corrected chi connectivity index (χ4v) is 1.65. The van der Waals surface area contributed by atoms with Crippen LogP contribution in [0.2, 0.25) is 0 Å². The number of nitrogens with two attached hydrogens (primary N) is 1. The van der Waals surface area contributed by atoms with Crippen LogP contribution in [0.1, 0.15) is 26.7 Å². The third kappa shape index (κ3) is 2.45. The van der Waals surface area contributed by atoms with Crippen molar-refractivity contribution < 1.29 is 9.90 Å². The first-order valence-electron chi connectivity index (χ1n) is 5.28. The Labute approximate surface area is 85.1 Å². The maximum Gasteiger partial charge on any atom is 0.239 e. The van der Waals surface area contributed by atoms with Crippen molar-refractivity contribution in [2.75, 3.05) is 13.1 Å². The molecule has 1 rings (SSSR count). The van der Waals surface area contributed by atoms with Gasteiger partial charge in [0.05, 0.1) is 12.1 Å². The molecule has 1 heterocycles. The molecule has 0 saturated carbocycles. The highest BCUT2D eigenvalue weighted by Gasteiger charge is 2.29.